The molecule has 1 unspecified atom stereocenters. The molecule has 1 rings (SSSR count). The van der Waals surface area contributed by atoms with E-state index in [2.05, 4.69) is 60.4 Å². The molecule has 18 heavy (non-hydrogen) atoms. The molecule has 0 saturated heterocycles. The standard InChI is InChI=1S/C15H26BrNS/c1-5-9-17-14(15(2,3)4)8-6-7-13-10-12(16)11-18-13/h10-11,14,17H,5-9H2,1-4H3. The first-order valence-corrected chi connectivity index (χ1v) is 8.57. The van der Waals surface area contributed by atoms with Crippen LogP contribution in [0.5, 0.6) is 0 Å². The molecule has 0 aliphatic carbocycles. The van der Waals surface area contributed by atoms with Gasteiger partial charge in [-0.05, 0) is 59.6 Å². The minimum absolute atomic E-state index is 0.352. The van der Waals surface area contributed by atoms with E-state index in [9.17, 15) is 0 Å². The molecule has 0 radical (unpaired) electrons. The van der Waals surface area contributed by atoms with Gasteiger partial charge in [0.1, 0.15) is 0 Å². The maximum Gasteiger partial charge on any atom is 0.0285 e. The Kier molecular flexibility index (Phi) is 6.89. The Morgan fingerprint density at radius 2 is 2.11 bits per heavy atom. The van der Waals surface area contributed by atoms with Gasteiger partial charge in [0.05, 0.1) is 0 Å². The average Bonchev–Trinajstić information content (AvgIpc) is 2.67. The quantitative estimate of drug-likeness (QED) is 0.719. The van der Waals surface area contributed by atoms with Crippen molar-refractivity contribution >= 4 is 27.3 Å². The van der Waals surface area contributed by atoms with Gasteiger partial charge in [-0.25, -0.2) is 0 Å². The number of thiophene rings is 1. The Hall–Kier alpha value is 0.140. The van der Waals surface area contributed by atoms with E-state index in [0.717, 1.165) is 6.54 Å². The summed E-state index contributed by atoms with van der Waals surface area (Å²) in [5.41, 5.74) is 0.352. The summed E-state index contributed by atoms with van der Waals surface area (Å²) in [6.45, 7) is 10.4. The minimum atomic E-state index is 0.352. The largest absolute Gasteiger partial charge is 0.313 e. The van der Waals surface area contributed by atoms with E-state index >= 15 is 0 Å². The molecule has 0 bridgehead atoms. The number of aryl methyl sites for hydroxylation is 1. The molecule has 1 aromatic heterocycles. The molecule has 1 heterocycles. The van der Waals surface area contributed by atoms with Crippen LogP contribution in [0.15, 0.2) is 15.9 Å². The van der Waals surface area contributed by atoms with E-state index in [0.29, 0.717) is 11.5 Å². The summed E-state index contributed by atoms with van der Waals surface area (Å²) in [7, 11) is 0. The highest BCUT2D eigenvalue weighted by Gasteiger charge is 2.23. The van der Waals surface area contributed by atoms with Crippen molar-refractivity contribution in [3.8, 4) is 0 Å². The molecule has 0 fully saturated rings. The zero-order valence-electron chi connectivity index (χ0n) is 12.1. The van der Waals surface area contributed by atoms with Crippen LogP contribution in [0.3, 0.4) is 0 Å². The molecule has 0 aromatic carbocycles. The molecule has 1 N–H and O–H groups in total. The van der Waals surface area contributed by atoms with Crippen LogP contribution < -0.4 is 5.32 Å². The van der Waals surface area contributed by atoms with Gasteiger partial charge in [0.15, 0.2) is 0 Å². The first-order valence-electron chi connectivity index (χ1n) is 6.89. The highest BCUT2D eigenvalue weighted by Crippen LogP contribution is 2.25. The molecule has 0 aliphatic heterocycles. The van der Waals surface area contributed by atoms with Crippen molar-refractivity contribution < 1.29 is 0 Å². The lowest BCUT2D eigenvalue weighted by atomic mass is 9.83. The maximum atomic E-state index is 3.69. The second-order valence-corrected chi connectivity index (χ2v) is 7.91. The Bertz CT molecular complexity index is 341. The Labute approximate surface area is 125 Å². The third kappa shape index (κ3) is 5.85. The lowest BCUT2D eigenvalue weighted by Crippen LogP contribution is -2.40. The van der Waals surface area contributed by atoms with Crippen molar-refractivity contribution in [1.82, 2.24) is 5.32 Å². The Morgan fingerprint density at radius 3 is 2.61 bits per heavy atom. The Balaban J connectivity index is 2.37. The summed E-state index contributed by atoms with van der Waals surface area (Å²) in [5, 5.41) is 5.87. The van der Waals surface area contributed by atoms with Gasteiger partial charge in [0.2, 0.25) is 0 Å². The molecular weight excluding hydrogens is 306 g/mol. The van der Waals surface area contributed by atoms with Crippen LogP contribution in [-0.2, 0) is 6.42 Å². The summed E-state index contributed by atoms with van der Waals surface area (Å²) < 4.78 is 1.22. The van der Waals surface area contributed by atoms with Gasteiger partial charge in [-0.3, -0.25) is 0 Å². The van der Waals surface area contributed by atoms with Gasteiger partial charge < -0.3 is 5.32 Å². The van der Waals surface area contributed by atoms with E-state index in [1.54, 1.807) is 0 Å². The van der Waals surface area contributed by atoms with Crippen LogP contribution >= 0.6 is 27.3 Å². The zero-order chi connectivity index (χ0) is 13.6. The van der Waals surface area contributed by atoms with Crippen molar-refractivity contribution in [2.75, 3.05) is 6.54 Å². The minimum Gasteiger partial charge on any atom is -0.313 e. The summed E-state index contributed by atoms with van der Waals surface area (Å²) in [6.07, 6.45) is 4.95. The van der Waals surface area contributed by atoms with Crippen LogP contribution in [0.2, 0.25) is 0 Å². The zero-order valence-corrected chi connectivity index (χ0v) is 14.5. The summed E-state index contributed by atoms with van der Waals surface area (Å²) >= 11 is 5.38. The first-order chi connectivity index (χ1) is 8.43. The van der Waals surface area contributed by atoms with Crippen LogP contribution in [0.1, 0.15) is 51.8 Å². The van der Waals surface area contributed by atoms with Gasteiger partial charge in [-0.2, -0.15) is 0 Å². The monoisotopic (exact) mass is 331 g/mol. The van der Waals surface area contributed by atoms with Gasteiger partial charge in [-0.15, -0.1) is 11.3 Å². The number of hydrogen-bond acceptors (Lipinski definition) is 2. The summed E-state index contributed by atoms with van der Waals surface area (Å²) in [4.78, 5) is 1.49. The van der Waals surface area contributed by atoms with Gasteiger partial charge in [0.25, 0.3) is 0 Å². The number of halogens is 1. The maximum absolute atomic E-state index is 3.69. The second kappa shape index (κ2) is 7.66. The first kappa shape index (κ1) is 16.2. The highest BCUT2D eigenvalue weighted by atomic mass is 79.9. The van der Waals surface area contributed by atoms with E-state index < -0.39 is 0 Å². The fourth-order valence-electron chi connectivity index (χ4n) is 2.13. The molecule has 0 saturated carbocycles. The van der Waals surface area contributed by atoms with Crippen molar-refractivity contribution in [1.29, 1.82) is 0 Å². The van der Waals surface area contributed by atoms with E-state index in [1.165, 1.54) is 35.0 Å². The lowest BCUT2D eigenvalue weighted by molar-refractivity contribution is 0.251. The Morgan fingerprint density at radius 1 is 1.39 bits per heavy atom. The van der Waals surface area contributed by atoms with Gasteiger partial charge in [-0.1, -0.05) is 27.7 Å². The van der Waals surface area contributed by atoms with Crippen molar-refractivity contribution in [2.24, 2.45) is 5.41 Å². The molecular formula is C15H26BrNS. The number of nitrogens with one attached hydrogen (secondary N) is 1. The second-order valence-electron chi connectivity index (χ2n) is 6.00. The van der Waals surface area contributed by atoms with Crippen molar-refractivity contribution in [3.63, 3.8) is 0 Å². The normalized spacial score (nSPS) is 13.8. The predicted molar refractivity (Wildman–Crippen MR) is 86.5 cm³/mol. The topological polar surface area (TPSA) is 12.0 Å². The molecule has 0 aliphatic rings. The third-order valence-corrected chi connectivity index (χ3v) is 4.98. The van der Waals surface area contributed by atoms with Crippen LogP contribution in [0.25, 0.3) is 0 Å². The van der Waals surface area contributed by atoms with Gasteiger partial charge in [0, 0.05) is 20.8 Å². The number of hydrogen-bond donors (Lipinski definition) is 1. The van der Waals surface area contributed by atoms with E-state index in [-0.39, 0.29) is 0 Å². The van der Waals surface area contributed by atoms with E-state index in [1.807, 2.05) is 11.3 Å². The predicted octanol–water partition coefficient (Wildman–Crippen LogP) is 5.25. The molecule has 1 atom stereocenters. The third-order valence-electron chi connectivity index (χ3n) is 3.22. The van der Waals surface area contributed by atoms with Crippen LogP contribution in [0, 0.1) is 5.41 Å². The summed E-state index contributed by atoms with van der Waals surface area (Å²) in [6, 6.07) is 2.87. The SMILES string of the molecule is CCCNC(CCCc1cc(Br)cs1)C(C)(C)C. The molecule has 3 heteroatoms. The van der Waals surface area contributed by atoms with Crippen molar-refractivity contribution in [3.05, 3.63) is 20.8 Å². The average molecular weight is 332 g/mol. The van der Waals surface area contributed by atoms with Crippen LogP contribution in [0.4, 0.5) is 0 Å². The smallest absolute Gasteiger partial charge is 0.0285 e. The molecule has 0 spiro atoms. The summed E-state index contributed by atoms with van der Waals surface area (Å²) in [5.74, 6) is 0. The van der Waals surface area contributed by atoms with Crippen LogP contribution in [-0.4, -0.2) is 12.6 Å². The van der Waals surface area contributed by atoms with Crippen molar-refractivity contribution in [2.45, 2.75) is 59.4 Å². The molecule has 1 nitrogen and oxygen atoms in total. The fourth-order valence-corrected chi connectivity index (χ4v) is 3.62. The molecule has 0 amide bonds. The van der Waals surface area contributed by atoms with E-state index in [4.69, 9.17) is 0 Å². The highest BCUT2D eigenvalue weighted by molar-refractivity contribution is 9.10. The van der Waals surface area contributed by atoms with Gasteiger partial charge >= 0.3 is 0 Å². The lowest BCUT2D eigenvalue weighted by Gasteiger charge is -2.31. The molecule has 104 valence electrons. The molecule has 1 aromatic rings. The number of rotatable bonds is 7. The fraction of sp³-hybridized carbons (Fsp3) is 0.733.